The Morgan fingerprint density at radius 2 is 2.00 bits per heavy atom. The molecule has 1 fully saturated rings. The molecule has 0 aliphatic heterocycles. The SMILES string of the molecule is O=C(Cc1cc2c(ccc3ccccc32)o1)N(CCO)C1CC1. The molecule has 1 aliphatic carbocycles. The molecule has 23 heavy (non-hydrogen) atoms. The number of furan rings is 1. The lowest BCUT2D eigenvalue weighted by atomic mass is 10.1. The number of carbonyl (C=O) groups excluding carboxylic acids is 1. The fraction of sp³-hybridized carbons (Fsp3) is 0.316. The predicted octanol–water partition coefficient (Wildman–Crippen LogP) is 3.11. The number of benzene rings is 2. The average molecular weight is 309 g/mol. The zero-order chi connectivity index (χ0) is 15.8. The Morgan fingerprint density at radius 3 is 2.78 bits per heavy atom. The van der Waals surface area contributed by atoms with Gasteiger partial charge in [0.15, 0.2) is 0 Å². The Bertz CT molecular complexity index is 863. The highest BCUT2D eigenvalue weighted by Gasteiger charge is 2.32. The summed E-state index contributed by atoms with van der Waals surface area (Å²) in [7, 11) is 0. The van der Waals surface area contributed by atoms with Crippen LogP contribution in [0.5, 0.6) is 0 Å². The van der Waals surface area contributed by atoms with Gasteiger partial charge in [-0.3, -0.25) is 4.79 Å². The average Bonchev–Trinajstić information content (AvgIpc) is 3.31. The van der Waals surface area contributed by atoms with Crippen molar-refractivity contribution in [2.24, 2.45) is 0 Å². The number of rotatable bonds is 5. The van der Waals surface area contributed by atoms with Crippen molar-refractivity contribution in [3.63, 3.8) is 0 Å². The molecule has 118 valence electrons. The molecule has 1 aromatic heterocycles. The summed E-state index contributed by atoms with van der Waals surface area (Å²) in [5.41, 5.74) is 0.812. The van der Waals surface area contributed by atoms with Gasteiger partial charge in [0.1, 0.15) is 11.3 Å². The summed E-state index contributed by atoms with van der Waals surface area (Å²) >= 11 is 0. The summed E-state index contributed by atoms with van der Waals surface area (Å²) in [5.74, 6) is 0.717. The largest absolute Gasteiger partial charge is 0.461 e. The van der Waals surface area contributed by atoms with E-state index in [0.29, 0.717) is 18.3 Å². The van der Waals surface area contributed by atoms with E-state index in [0.717, 1.165) is 29.2 Å². The fourth-order valence-electron chi connectivity index (χ4n) is 3.19. The van der Waals surface area contributed by atoms with Crippen molar-refractivity contribution in [1.29, 1.82) is 0 Å². The zero-order valence-electron chi connectivity index (χ0n) is 12.9. The van der Waals surface area contributed by atoms with Crippen molar-refractivity contribution in [3.8, 4) is 0 Å². The Labute approximate surface area is 134 Å². The van der Waals surface area contributed by atoms with Gasteiger partial charge in [-0.25, -0.2) is 0 Å². The molecule has 0 atom stereocenters. The smallest absolute Gasteiger partial charge is 0.230 e. The molecule has 4 rings (SSSR count). The van der Waals surface area contributed by atoms with Crippen LogP contribution >= 0.6 is 0 Å². The maximum absolute atomic E-state index is 12.5. The topological polar surface area (TPSA) is 53.7 Å². The van der Waals surface area contributed by atoms with Crippen LogP contribution in [0.15, 0.2) is 46.9 Å². The van der Waals surface area contributed by atoms with Crippen molar-refractivity contribution in [1.82, 2.24) is 4.90 Å². The normalized spacial score (nSPS) is 14.5. The maximum Gasteiger partial charge on any atom is 0.230 e. The number of nitrogens with zero attached hydrogens (tertiary/aromatic N) is 1. The third kappa shape index (κ3) is 2.70. The van der Waals surface area contributed by atoms with Crippen molar-refractivity contribution in [3.05, 3.63) is 48.2 Å². The number of fused-ring (bicyclic) bond motifs is 3. The molecule has 1 heterocycles. The second kappa shape index (κ2) is 5.70. The van der Waals surface area contributed by atoms with Gasteiger partial charge in [0.2, 0.25) is 5.91 Å². The van der Waals surface area contributed by atoms with Crippen LogP contribution in [-0.2, 0) is 11.2 Å². The van der Waals surface area contributed by atoms with Gasteiger partial charge in [0.05, 0.1) is 13.0 Å². The molecule has 0 unspecified atom stereocenters. The fourth-order valence-corrected chi connectivity index (χ4v) is 3.19. The van der Waals surface area contributed by atoms with E-state index in [1.807, 2.05) is 30.3 Å². The zero-order valence-corrected chi connectivity index (χ0v) is 12.9. The van der Waals surface area contributed by atoms with E-state index in [1.54, 1.807) is 4.90 Å². The van der Waals surface area contributed by atoms with E-state index >= 15 is 0 Å². The molecule has 2 aromatic carbocycles. The predicted molar refractivity (Wildman–Crippen MR) is 89.2 cm³/mol. The van der Waals surface area contributed by atoms with Crippen molar-refractivity contribution < 1.29 is 14.3 Å². The van der Waals surface area contributed by atoms with Crippen molar-refractivity contribution in [2.45, 2.75) is 25.3 Å². The van der Waals surface area contributed by atoms with Crippen LogP contribution in [0.1, 0.15) is 18.6 Å². The van der Waals surface area contributed by atoms with Crippen molar-refractivity contribution >= 4 is 27.6 Å². The van der Waals surface area contributed by atoms with E-state index < -0.39 is 0 Å². The van der Waals surface area contributed by atoms with Crippen LogP contribution in [0.25, 0.3) is 21.7 Å². The van der Waals surface area contributed by atoms with Crippen molar-refractivity contribution in [2.75, 3.05) is 13.2 Å². The lowest BCUT2D eigenvalue weighted by Crippen LogP contribution is -2.36. The molecule has 4 heteroatoms. The van der Waals surface area contributed by atoms with Gasteiger partial charge < -0.3 is 14.4 Å². The molecule has 1 saturated carbocycles. The third-order valence-electron chi connectivity index (χ3n) is 4.45. The number of aliphatic hydroxyl groups is 1. The molecule has 0 saturated heterocycles. The van der Waals surface area contributed by atoms with Gasteiger partial charge in [-0.05, 0) is 35.7 Å². The summed E-state index contributed by atoms with van der Waals surface area (Å²) in [4.78, 5) is 14.3. The van der Waals surface area contributed by atoms with Gasteiger partial charge >= 0.3 is 0 Å². The Balaban J connectivity index is 1.64. The van der Waals surface area contributed by atoms with E-state index in [4.69, 9.17) is 9.52 Å². The van der Waals surface area contributed by atoms with E-state index in [9.17, 15) is 4.79 Å². The molecule has 0 radical (unpaired) electrons. The molecule has 4 nitrogen and oxygen atoms in total. The first kappa shape index (κ1) is 14.3. The first-order valence-corrected chi connectivity index (χ1v) is 8.07. The summed E-state index contributed by atoms with van der Waals surface area (Å²) in [6.07, 6.45) is 2.33. The number of aliphatic hydroxyl groups excluding tert-OH is 1. The highest BCUT2D eigenvalue weighted by atomic mass is 16.3. The van der Waals surface area contributed by atoms with Gasteiger partial charge in [-0.15, -0.1) is 0 Å². The molecule has 0 spiro atoms. The summed E-state index contributed by atoms with van der Waals surface area (Å²) < 4.78 is 5.87. The minimum Gasteiger partial charge on any atom is -0.461 e. The second-order valence-electron chi connectivity index (χ2n) is 6.13. The minimum atomic E-state index is 0.00695. The van der Waals surface area contributed by atoms with Crippen LogP contribution in [0.4, 0.5) is 0 Å². The van der Waals surface area contributed by atoms with Gasteiger partial charge in [-0.1, -0.05) is 30.3 Å². The summed E-state index contributed by atoms with van der Waals surface area (Å²) in [6, 6.07) is 14.4. The van der Waals surface area contributed by atoms with Crippen LogP contribution < -0.4 is 0 Å². The molecule has 3 aromatic rings. The van der Waals surface area contributed by atoms with Crippen LogP contribution in [0.2, 0.25) is 0 Å². The molecule has 1 aliphatic rings. The molecular weight excluding hydrogens is 290 g/mol. The summed E-state index contributed by atoms with van der Waals surface area (Å²) in [6.45, 7) is 0.416. The number of carbonyl (C=O) groups is 1. The number of amides is 1. The highest BCUT2D eigenvalue weighted by molar-refractivity contribution is 6.06. The quantitative estimate of drug-likeness (QED) is 0.788. The van der Waals surface area contributed by atoms with Crippen LogP contribution in [0, 0.1) is 0 Å². The second-order valence-corrected chi connectivity index (χ2v) is 6.13. The van der Waals surface area contributed by atoms with Gasteiger partial charge in [-0.2, -0.15) is 0 Å². The highest BCUT2D eigenvalue weighted by Crippen LogP contribution is 2.30. The molecular formula is C19H19NO3. The Morgan fingerprint density at radius 1 is 1.17 bits per heavy atom. The summed E-state index contributed by atoms with van der Waals surface area (Å²) in [5, 5.41) is 12.5. The van der Waals surface area contributed by atoms with Gasteiger partial charge in [0, 0.05) is 18.0 Å². The standard InChI is InChI=1S/C19H19NO3/c21-10-9-20(14-6-7-14)19(22)12-15-11-17-16-4-2-1-3-13(16)5-8-18(17)23-15/h1-5,8,11,14,21H,6-7,9-10,12H2. The first-order chi connectivity index (χ1) is 11.3. The lowest BCUT2D eigenvalue weighted by Gasteiger charge is -2.20. The van der Waals surface area contributed by atoms with E-state index in [2.05, 4.69) is 12.1 Å². The Hall–Kier alpha value is -2.33. The van der Waals surface area contributed by atoms with E-state index in [-0.39, 0.29) is 18.9 Å². The van der Waals surface area contributed by atoms with Gasteiger partial charge in [0.25, 0.3) is 0 Å². The molecule has 1 N–H and O–H groups in total. The van der Waals surface area contributed by atoms with Crippen LogP contribution in [0.3, 0.4) is 0 Å². The maximum atomic E-state index is 12.5. The monoisotopic (exact) mass is 309 g/mol. The minimum absolute atomic E-state index is 0.00695. The van der Waals surface area contributed by atoms with Crippen LogP contribution in [-0.4, -0.2) is 35.1 Å². The molecule has 1 amide bonds. The number of hydrogen-bond donors (Lipinski definition) is 1. The Kier molecular flexibility index (Phi) is 3.54. The van der Waals surface area contributed by atoms with E-state index in [1.165, 1.54) is 5.39 Å². The molecule has 0 bridgehead atoms. The lowest BCUT2D eigenvalue weighted by molar-refractivity contribution is -0.131. The third-order valence-corrected chi connectivity index (χ3v) is 4.45. The number of hydrogen-bond acceptors (Lipinski definition) is 3. The first-order valence-electron chi connectivity index (χ1n) is 8.07.